The number of H-pyrrole nitrogens is 1. The lowest BCUT2D eigenvalue weighted by Crippen LogP contribution is -2.26. The largest absolute Gasteiger partial charge is 0.345 e. The summed E-state index contributed by atoms with van der Waals surface area (Å²) in [4.78, 5) is 13.4. The van der Waals surface area contributed by atoms with Crippen LogP contribution in [-0.4, -0.2) is 48.8 Å². The first-order valence-electron chi connectivity index (χ1n) is 10.7. The van der Waals surface area contributed by atoms with E-state index in [2.05, 4.69) is 39.6 Å². The van der Waals surface area contributed by atoms with Crippen LogP contribution in [0.15, 0.2) is 59.5 Å². The van der Waals surface area contributed by atoms with E-state index in [4.69, 9.17) is 16.2 Å². The van der Waals surface area contributed by atoms with E-state index in [1.165, 1.54) is 18.0 Å². The van der Waals surface area contributed by atoms with Gasteiger partial charge in [-0.25, -0.2) is 9.67 Å². The third-order valence-corrected chi connectivity index (χ3v) is 6.13. The summed E-state index contributed by atoms with van der Waals surface area (Å²) in [5.74, 6) is -0.256. The first kappa shape index (κ1) is 22.7. The van der Waals surface area contributed by atoms with Gasteiger partial charge in [-0.2, -0.15) is 10.2 Å². The third-order valence-electron chi connectivity index (χ3n) is 5.16. The Kier molecular flexibility index (Phi) is 6.85. The highest BCUT2D eigenvalue weighted by molar-refractivity contribution is 8.08. The molecule has 0 amide bonds. The molecule has 4 heterocycles. The van der Waals surface area contributed by atoms with Crippen LogP contribution >= 0.6 is 11.8 Å². The van der Waals surface area contributed by atoms with Crippen molar-refractivity contribution in [1.29, 1.82) is 5.41 Å². The number of aryl methyl sites for hydroxylation is 1. The highest BCUT2D eigenvalue weighted by atomic mass is 32.2. The van der Waals surface area contributed by atoms with Gasteiger partial charge in [0.1, 0.15) is 11.1 Å². The van der Waals surface area contributed by atoms with Gasteiger partial charge in [0.25, 0.3) is 0 Å². The fourth-order valence-electron chi connectivity index (χ4n) is 3.39. The van der Waals surface area contributed by atoms with E-state index in [0.717, 1.165) is 33.5 Å². The van der Waals surface area contributed by atoms with Gasteiger partial charge in [-0.3, -0.25) is 9.67 Å². The highest BCUT2D eigenvalue weighted by Crippen LogP contribution is 2.35. The number of nitrogens with two attached hydrogens (primary N) is 1. The highest BCUT2D eigenvalue weighted by Gasteiger charge is 2.14. The van der Waals surface area contributed by atoms with Gasteiger partial charge in [-0.05, 0) is 24.6 Å². The first-order chi connectivity index (χ1) is 16.0. The van der Waals surface area contributed by atoms with Crippen LogP contribution in [0.4, 0.5) is 0 Å². The molecule has 0 spiro atoms. The second-order valence-corrected chi connectivity index (χ2v) is 8.71. The summed E-state index contributed by atoms with van der Waals surface area (Å²) in [5.41, 5.74) is 10.1. The fraction of sp³-hybridized carbons (Fsp3) is 0.261. The second-order valence-electron chi connectivity index (χ2n) is 7.59. The average molecular weight is 462 g/mol. The van der Waals surface area contributed by atoms with Gasteiger partial charge in [0.15, 0.2) is 0 Å². The number of aromatic nitrogens is 6. The van der Waals surface area contributed by atoms with Gasteiger partial charge in [0.05, 0.1) is 16.9 Å². The maximum atomic E-state index is 7.66. The third kappa shape index (κ3) is 4.81. The van der Waals surface area contributed by atoms with Gasteiger partial charge >= 0.3 is 0 Å². The number of pyridine rings is 1. The Morgan fingerprint density at radius 1 is 1.36 bits per heavy atom. The molecule has 4 rings (SSSR count). The van der Waals surface area contributed by atoms with Crippen molar-refractivity contribution in [2.75, 3.05) is 13.1 Å². The molecular weight excluding hydrogens is 434 g/mol. The van der Waals surface area contributed by atoms with E-state index < -0.39 is 0 Å². The number of hydrogen-bond acceptors (Lipinski definition) is 7. The summed E-state index contributed by atoms with van der Waals surface area (Å²) in [5, 5.41) is 18.3. The van der Waals surface area contributed by atoms with Crippen LogP contribution in [0.1, 0.15) is 25.0 Å². The Morgan fingerprint density at radius 3 is 2.91 bits per heavy atom. The van der Waals surface area contributed by atoms with Crippen molar-refractivity contribution in [2.45, 2.75) is 24.2 Å². The Morgan fingerprint density at radius 2 is 2.21 bits per heavy atom. The summed E-state index contributed by atoms with van der Waals surface area (Å²) in [6.45, 7) is 7.36. The molecule has 0 aliphatic carbocycles. The zero-order valence-corrected chi connectivity index (χ0v) is 19.5. The van der Waals surface area contributed by atoms with Crippen molar-refractivity contribution < 1.29 is 0 Å². The van der Waals surface area contributed by atoms with Crippen molar-refractivity contribution in [1.82, 2.24) is 29.5 Å². The summed E-state index contributed by atoms with van der Waals surface area (Å²) in [6.07, 6.45) is 9.80. The van der Waals surface area contributed by atoms with Crippen LogP contribution in [0.2, 0.25) is 0 Å². The lowest BCUT2D eigenvalue weighted by molar-refractivity contribution is 0.729. The normalized spacial score (nSPS) is 12.9. The molecule has 4 aromatic rings. The standard InChI is InChI=1S/C23H27N9S/c1-4-7-26-22-6-5-20(17(9-24)10-25)30-32(22)15(2)33-21-13-28-23-19(21)8-16(11-27-23)18-12-29-31(3)14-18/h5-6,8-9,11-14,17,24H,2,4,7,10,25H2,1,3H3,(H,27,28). The lowest BCUT2D eigenvalue weighted by Gasteiger charge is -2.14. The van der Waals surface area contributed by atoms with Crippen LogP contribution in [0.5, 0.6) is 0 Å². The second kappa shape index (κ2) is 9.97. The van der Waals surface area contributed by atoms with Crippen molar-refractivity contribution in [3.8, 4) is 11.1 Å². The van der Waals surface area contributed by atoms with E-state index in [1.54, 1.807) is 9.36 Å². The number of nitrogens with zero attached hydrogens (tertiary/aromatic N) is 6. The molecule has 1 unspecified atom stereocenters. The van der Waals surface area contributed by atoms with E-state index in [-0.39, 0.29) is 5.92 Å². The molecule has 9 nitrogen and oxygen atoms in total. The van der Waals surface area contributed by atoms with Gasteiger partial charge in [0.2, 0.25) is 0 Å². The Hall–Kier alpha value is -3.50. The number of rotatable bonds is 9. The molecule has 0 saturated carbocycles. The smallest absolute Gasteiger partial charge is 0.150 e. The zero-order valence-electron chi connectivity index (χ0n) is 18.7. The maximum absolute atomic E-state index is 7.66. The van der Waals surface area contributed by atoms with E-state index >= 15 is 0 Å². The van der Waals surface area contributed by atoms with Crippen LogP contribution in [-0.2, 0) is 7.05 Å². The van der Waals surface area contributed by atoms with E-state index in [9.17, 15) is 0 Å². The van der Waals surface area contributed by atoms with Crippen molar-refractivity contribution >= 4 is 34.0 Å². The fourth-order valence-corrected chi connectivity index (χ4v) is 4.25. The zero-order chi connectivity index (χ0) is 23.4. The molecule has 170 valence electrons. The summed E-state index contributed by atoms with van der Waals surface area (Å²) >= 11 is 1.49. The number of nitrogens with one attached hydrogen (secondary N) is 2. The topological polar surface area (TPSA) is 127 Å². The minimum atomic E-state index is -0.256. The lowest BCUT2D eigenvalue weighted by atomic mass is 10.1. The predicted molar refractivity (Wildman–Crippen MR) is 133 cm³/mol. The predicted octanol–water partition coefficient (Wildman–Crippen LogP) is 3.38. The van der Waals surface area contributed by atoms with Crippen molar-refractivity contribution in [3.63, 3.8) is 0 Å². The van der Waals surface area contributed by atoms with Gasteiger partial charge in [0, 0.05) is 72.3 Å². The maximum Gasteiger partial charge on any atom is 0.150 e. The number of thioether (sulfide) groups is 1. The van der Waals surface area contributed by atoms with E-state index in [0.29, 0.717) is 29.3 Å². The molecule has 0 aliphatic rings. The van der Waals surface area contributed by atoms with Crippen LogP contribution in [0.25, 0.3) is 27.2 Å². The number of hydrogen-bond donors (Lipinski definition) is 3. The molecule has 33 heavy (non-hydrogen) atoms. The molecule has 1 atom stereocenters. The van der Waals surface area contributed by atoms with Crippen molar-refractivity contribution in [2.24, 2.45) is 17.8 Å². The molecule has 0 aliphatic heterocycles. The molecule has 0 aromatic carbocycles. The molecule has 4 N–H and O–H groups in total. The Balaban J connectivity index is 1.71. The van der Waals surface area contributed by atoms with Crippen LogP contribution in [0, 0.1) is 5.41 Å². The van der Waals surface area contributed by atoms with Gasteiger partial charge in [-0.1, -0.05) is 25.3 Å². The monoisotopic (exact) mass is 461 g/mol. The quantitative estimate of drug-likeness (QED) is 0.260. The Labute approximate surface area is 196 Å². The molecular formula is C23H27N9S. The number of fused-ring (bicyclic) bond motifs is 1. The Bertz CT molecular complexity index is 1360. The molecule has 0 bridgehead atoms. The van der Waals surface area contributed by atoms with E-state index in [1.807, 2.05) is 44.0 Å². The average Bonchev–Trinajstić information content (AvgIpc) is 3.44. The van der Waals surface area contributed by atoms with Gasteiger partial charge in [-0.15, -0.1) is 0 Å². The molecule has 10 heteroatoms. The number of aromatic amines is 1. The first-order valence-corrected chi connectivity index (χ1v) is 11.5. The molecule has 0 saturated heterocycles. The van der Waals surface area contributed by atoms with Gasteiger partial charge < -0.3 is 16.1 Å². The van der Waals surface area contributed by atoms with Crippen LogP contribution < -0.4 is 11.2 Å². The summed E-state index contributed by atoms with van der Waals surface area (Å²) in [7, 11) is 1.89. The minimum absolute atomic E-state index is 0.256. The minimum Gasteiger partial charge on any atom is -0.345 e. The molecule has 4 aromatic heterocycles. The summed E-state index contributed by atoms with van der Waals surface area (Å²) < 4.78 is 3.51. The summed E-state index contributed by atoms with van der Waals surface area (Å²) in [6, 6.07) is 5.89. The SMILES string of the molecule is C=C(Sc1c[nH]c2ncc(-c3cnn(C)c3)cc12)n1nc(C(C=N)CN)ccc1=NCCC. The van der Waals surface area contributed by atoms with Crippen molar-refractivity contribution in [3.05, 3.63) is 60.7 Å². The van der Waals surface area contributed by atoms with Crippen LogP contribution in [0.3, 0.4) is 0 Å². The molecule has 0 fully saturated rings. The molecule has 0 radical (unpaired) electrons.